The number of aliphatic carboxylic acids is 1. The van der Waals surface area contributed by atoms with Gasteiger partial charge < -0.3 is 14.4 Å². The number of amides is 1. The normalized spacial score (nSPS) is 22.9. The predicted molar refractivity (Wildman–Crippen MR) is 96.8 cm³/mol. The quantitative estimate of drug-likeness (QED) is 0.863. The summed E-state index contributed by atoms with van der Waals surface area (Å²) in [6.45, 7) is 3.02. The van der Waals surface area contributed by atoms with Gasteiger partial charge in [-0.2, -0.15) is 11.8 Å². The lowest BCUT2D eigenvalue weighted by atomic mass is 9.94. The highest BCUT2D eigenvalue weighted by Gasteiger charge is 2.33. The monoisotopic (exact) mass is 366 g/mol. The number of rotatable bonds is 5. The van der Waals surface area contributed by atoms with Gasteiger partial charge >= 0.3 is 5.97 Å². The van der Waals surface area contributed by atoms with Gasteiger partial charge in [-0.3, -0.25) is 14.5 Å². The van der Waals surface area contributed by atoms with Crippen LogP contribution in [0, 0.1) is 5.92 Å². The molecule has 0 spiro atoms. The molecule has 1 aromatic rings. The molecule has 6 nitrogen and oxygen atoms in total. The number of hydrogen-bond acceptors (Lipinski definition) is 5. The summed E-state index contributed by atoms with van der Waals surface area (Å²) in [5, 5.41) is 9.24. The molecule has 1 amide bonds. The molecule has 2 fully saturated rings. The van der Waals surface area contributed by atoms with Gasteiger partial charge in [0, 0.05) is 25.7 Å². The molecule has 1 aromatic heterocycles. The largest absolute Gasteiger partial charge is 0.481 e. The van der Waals surface area contributed by atoms with Crippen LogP contribution in [0.15, 0.2) is 16.5 Å². The van der Waals surface area contributed by atoms with E-state index in [1.165, 1.54) is 0 Å². The van der Waals surface area contributed by atoms with Gasteiger partial charge in [0.25, 0.3) is 5.91 Å². The Morgan fingerprint density at radius 3 is 2.68 bits per heavy atom. The standard InChI is InChI=1S/C18H26N2O4S/c1-25-12-15-4-5-16(24-15)17(21)19-9-6-14(7-10-19)20-8-2-3-13(11-20)18(22)23/h4-5,13-14H,2-3,6-12H2,1H3,(H,22,23)/t13-/m0/s1. The molecule has 1 N–H and O–H groups in total. The van der Waals surface area contributed by atoms with Crippen LogP contribution in [0.25, 0.3) is 0 Å². The molecular weight excluding hydrogens is 340 g/mol. The van der Waals surface area contributed by atoms with Crippen LogP contribution in [-0.2, 0) is 10.5 Å². The molecule has 7 heteroatoms. The highest BCUT2D eigenvalue weighted by molar-refractivity contribution is 7.97. The maximum atomic E-state index is 12.6. The van der Waals surface area contributed by atoms with Gasteiger partial charge in [0.15, 0.2) is 5.76 Å². The number of piperidine rings is 2. The first kappa shape index (κ1) is 18.3. The average molecular weight is 366 g/mol. The molecule has 3 heterocycles. The van der Waals surface area contributed by atoms with E-state index in [-0.39, 0.29) is 11.8 Å². The Hall–Kier alpha value is -1.47. The summed E-state index contributed by atoms with van der Waals surface area (Å²) in [5.41, 5.74) is 0. The second kappa shape index (κ2) is 8.27. The molecule has 0 unspecified atom stereocenters. The van der Waals surface area contributed by atoms with E-state index < -0.39 is 5.97 Å². The van der Waals surface area contributed by atoms with Crippen molar-refractivity contribution >= 4 is 23.6 Å². The fourth-order valence-electron chi connectivity index (χ4n) is 3.84. The van der Waals surface area contributed by atoms with Gasteiger partial charge in [-0.1, -0.05) is 0 Å². The lowest BCUT2D eigenvalue weighted by Gasteiger charge is -2.41. The number of carbonyl (C=O) groups excluding carboxylic acids is 1. The third kappa shape index (κ3) is 4.39. The number of carboxylic acids is 1. The smallest absolute Gasteiger partial charge is 0.307 e. The van der Waals surface area contributed by atoms with Crippen LogP contribution in [0.2, 0.25) is 0 Å². The van der Waals surface area contributed by atoms with Gasteiger partial charge in [-0.25, -0.2) is 0 Å². The zero-order valence-electron chi connectivity index (χ0n) is 14.6. The van der Waals surface area contributed by atoms with Crippen molar-refractivity contribution in [2.45, 2.75) is 37.5 Å². The average Bonchev–Trinajstić information content (AvgIpc) is 3.10. The first-order valence-electron chi connectivity index (χ1n) is 8.92. The minimum Gasteiger partial charge on any atom is -0.481 e. The predicted octanol–water partition coefficient (Wildman–Crippen LogP) is 2.54. The Bertz CT molecular complexity index is 610. The zero-order valence-corrected chi connectivity index (χ0v) is 15.5. The molecule has 2 aliphatic heterocycles. The molecule has 0 saturated carbocycles. The molecule has 0 radical (unpaired) electrons. The van der Waals surface area contributed by atoms with Crippen molar-refractivity contribution in [1.29, 1.82) is 0 Å². The van der Waals surface area contributed by atoms with Crippen LogP contribution in [0.5, 0.6) is 0 Å². The molecule has 0 bridgehead atoms. The summed E-state index contributed by atoms with van der Waals surface area (Å²) >= 11 is 1.67. The molecule has 3 rings (SSSR count). The van der Waals surface area contributed by atoms with Crippen molar-refractivity contribution in [2.24, 2.45) is 5.92 Å². The minimum atomic E-state index is -0.684. The Balaban J connectivity index is 1.52. The van der Waals surface area contributed by atoms with E-state index in [4.69, 9.17) is 4.42 Å². The fraction of sp³-hybridized carbons (Fsp3) is 0.667. The molecule has 138 valence electrons. The van der Waals surface area contributed by atoms with E-state index in [1.807, 2.05) is 17.2 Å². The van der Waals surface area contributed by atoms with E-state index in [1.54, 1.807) is 17.8 Å². The third-order valence-corrected chi connectivity index (χ3v) is 5.80. The van der Waals surface area contributed by atoms with Crippen LogP contribution < -0.4 is 0 Å². The number of carboxylic acid groups (broad SMARTS) is 1. The summed E-state index contributed by atoms with van der Waals surface area (Å²) < 4.78 is 5.63. The lowest BCUT2D eigenvalue weighted by Crippen LogP contribution is -2.50. The SMILES string of the molecule is CSCc1ccc(C(=O)N2CCC(N3CCC[C@H](C(=O)O)C3)CC2)o1. The van der Waals surface area contributed by atoms with Crippen molar-refractivity contribution in [1.82, 2.24) is 9.80 Å². The van der Waals surface area contributed by atoms with Crippen molar-refractivity contribution < 1.29 is 19.1 Å². The summed E-state index contributed by atoms with van der Waals surface area (Å²) in [6.07, 6.45) is 5.53. The highest BCUT2D eigenvalue weighted by Crippen LogP contribution is 2.25. The van der Waals surface area contributed by atoms with Crippen LogP contribution in [0.3, 0.4) is 0 Å². The Labute approximate surface area is 152 Å². The van der Waals surface area contributed by atoms with Crippen molar-refractivity contribution in [3.63, 3.8) is 0 Å². The van der Waals surface area contributed by atoms with Gasteiger partial charge in [0.1, 0.15) is 5.76 Å². The summed E-state index contributed by atoms with van der Waals surface area (Å²) in [5.74, 6) is 1.07. The van der Waals surface area contributed by atoms with Crippen molar-refractivity contribution in [2.75, 3.05) is 32.4 Å². The minimum absolute atomic E-state index is 0.0344. The fourth-order valence-corrected chi connectivity index (χ4v) is 4.28. The van der Waals surface area contributed by atoms with Crippen LogP contribution in [0.4, 0.5) is 0 Å². The number of hydrogen-bond donors (Lipinski definition) is 1. The molecule has 2 aliphatic rings. The number of furan rings is 1. The zero-order chi connectivity index (χ0) is 17.8. The van der Waals surface area contributed by atoms with E-state index in [0.717, 1.165) is 43.7 Å². The number of carbonyl (C=O) groups is 2. The molecular formula is C18H26N2O4S. The molecule has 25 heavy (non-hydrogen) atoms. The van der Waals surface area contributed by atoms with E-state index >= 15 is 0 Å². The molecule has 0 aromatic carbocycles. The summed E-state index contributed by atoms with van der Waals surface area (Å²) in [4.78, 5) is 28.0. The summed E-state index contributed by atoms with van der Waals surface area (Å²) in [6, 6.07) is 4.02. The van der Waals surface area contributed by atoms with Crippen LogP contribution in [0.1, 0.15) is 42.0 Å². The first-order valence-corrected chi connectivity index (χ1v) is 10.3. The number of likely N-dealkylation sites (tertiary alicyclic amines) is 2. The van der Waals surface area contributed by atoms with Crippen molar-refractivity contribution in [3.8, 4) is 0 Å². The molecule has 2 saturated heterocycles. The van der Waals surface area contributed by atoms with Gasteiger partial charge in [0.05, 0.1) is 11.7 Å². The topological polar surface area (TPSA) is 74.0 Å². The van der Waals surface area contributed by atoms with Gasteiger partial charge in [-0.05, 0) is 50.6 Å². The maximum Gasteiger partial charge on any atom is 0.307 e. The van der Waals surface area contributed by atoms with E-state index in [2.05, 4.69) is 4.90 Å². The van der Waals surface area contributed by atoms with E-state index in [9.17, 15) is 14.7 Å². The second-order valence-corrected chi connectivity index (χ2v) is 7.76. The Morgan fingerprint density at radius 1 is 1.24 bits per heavy atom. The number of thioether (sulfide) groups is 1. The van der Waals surface area contributed by atoms with E-state index in [0.29, 0.717) is 31.4 Å². The lowest BCUT2D eigenvalue weighted by molar-refractivity contribution is -0.144. The van der Waals surface area contributed by atoms with Gasteiger partial charge in [0.2, 0.25) is 0 Å². The van der Waals surface area contributed by atoms with Gasteiger partial charge in [-0.15, -0.1) is 0 Å². The number of nitrogens with zero attached hydrogens (tertiary/aromatic N) is 2. The highest BCUT2D eigenvalue weighted by atomic mass is 32.2. The summed E-state index contributed by atoms with van der Waals surface area (Å²) in [7, 11) is 0. The maximum absolute atomic E-state index is 12.6. The molecule has 1 atom stereocenters. The first-order chi connectivity index (χ1) is 12.1. The second-order valence-electron chi connectivity index (χ2n) is 6.89. The Morgan fingerprint density at radius 2 is 2.00 bits per heavy atom. The van der Waals surface area contributed by atoms with Crippen LogP contribution >= 0.6 is 11.8 Å². The Kier molecular flexibility index (Phi) is 6.06. The molecule has 0 aliphatic carbocycles. The van der Waals surface area contributed by atoms with Crippen molar-refractivity contribution in [3.05, 3.63) is 23.7 Å². The van der Waals surface area contributed by atoms with Crippen LogP contribution in [-0.4, -0.2) is 65.3 Å². The third-order valence-electron chi connectivity index (χ3n) is 5.23.